The molecule has 2 nitrogen and oxygen atoms in total. The minimum absolute atomic E-state index is 0.0523. The molecule has 2 heteroatoms. The van der Waals surface area contributed by atoms with E-state index in [1.54, 1.807) is 11.1 Å². The molecule has 0 spiro atoms. The van der Waals surface area contributed by atoms with Crippen molar-refractivity contribution in [1.82, 2.24) is 4.57 Å². The van der Waals surface area contributed by atoms with Gasteiger partial charge < -0.3 is 4.57 Å². The summed E-state index contributed by atoms with van der Waals surface area (Å²) in [6.07, 6.45) is 24.9. The van der Waals surface area contributed by atoms with Crippen molar-refractivity contribution < 1.29 is 0 Å². The fourth-order valence-electron chi connectivity index (χ4n) is 13.3. The van der Waals surface area contributed by atoms with E-state index in [0.717, 1.165) is 0 Å². The number of nitrogens with zero attached hydrogens (tertiary/aromatic N) is 2. The summed E-state index contributed by atoms with van der Waals surface area (Å²) in [6, 6.07) is 58.6. The lowest BCUT2D eigenvalue weighted by molar-refractivity contribution is 0.401. The molecule has 0 amide bonds. The molecule has 0 radical (unpaired) electrons. The normalized spacial score (nSPS) is 13.8. The fraction of sp³-hybridized carbons (Fsp3) is 0.377. The largest absolute Gasteiger partial charge is 0.309 e. The van der Waals surface area contributed by atoms with Crippen LogP contribution in [0.5, 0.6) is 0 Å². The van der Waals surface area contributed by atoms with Gasteiger partial charge in [0.2, 0.25) is 0 Å². The van der Waals surface area contributed by atoms with Gasteiger partial charge in [-0.1, -0.05) is 221 Å². The molecule has 362 valence electrons. The Morgan fingerprint density at radius 1 is 0.366 bits per heavy atom. The summed E-state index contributed by atoms with van der Waals surface area (Å²) in [5.74, 6) is 0. The van der Waals surface area contributed by atoms with Crippen LogP contribution in [0.3, 0.4) is 0 Å². The Morgan fingerprint density at radius 2 is 0.718 bits per heavy atom. The van der Waals surface area contributed by atoms with E-state index in [-0.39, 0.29) is 10.8 Å². The number of unbranched alkanes of at least 4 members (excludes halogenated alkanes) is 12. The van der Waals surface area contributed by atoms with Crippen molar-refractivity contribution in [2.45, 2.75) is 167 Å². The van der Waals surface area contributed by atoms with Gasteiger partial charge in [-0.25, -0.2) is 0 Å². The molecule has 8 aromatic rings. The number of rotatable bonds is 23. The first-order chi connectivity index (χ1) is 35.0. The van der Waals surface area contributed by atoms with Crippen LogP contribution in [0.25, 0.3) is 72.0 Å². The van der Waals surface area contributed by atoms with Gasteiger partial charge in [0, 0.05) is 27.3 Å². The molecule has 0 saturated carbocycles. The van der Waals surface area contributed by atoms with Crippen LogP contribution in [0.2, 0.25) is 0 Å². The standard InChI is InChI=1S/C69H76N2/c1-5-9-13-21-41-68(42-22-14-10-6-2)62-45-52(51-31-29-50(49-70)30-32-51)33-37-56(62)57-38-34-53(46-63(57)68)54-35-39-58-59-40-36-55(71-66-27-19-17-25-60(66)61-26-18-20-28-67(61)71)48-65(59)69(64(58)47-54,43-23-15-11-7-3)44-24-16-12-8-4/h17-20,25-40,45-48H,5-16,21-24,41-44H2,1-4H3. The molecule has 1 heterocycles. The minimum atomic E-state index is -0.0615. The zero-order chi connectivity index (χ0) is 48.8. The molecule has 7 aromatic carbocycles. The Hall–Kier alpha value is -6.17. The Balaban J connectivity index is 1.12. The topological polar surface area (TPSA) is 28.7 Å². The molecule has 2 aliphatic rings. The lowest BCUT2D eigenvalue weighted by Gasteiger charge is -2.34. The van der Waals surface area contributed by atoms with Gasteiger partial charge in [0.25, 0.3) is 0 Å². The number of para-hydroxylation sites is 2. The highest BCUT2D eigenvalue weighted by Crippen LogP contribution is 2.58. The van der Waals surface area contributed by atoms with Gasteiger partial charge in [0.15, 0.2) is 0 Å². The average Bonchev–Trinajstić information content (AvgIpc) is 4.00. The summed E-state index contributed by atoms with van der Waals surface area (Å²) in [6.45, 7) is 9.36. The van der Waals surface area contributed by atoms with Crippen LogP contribution in [0, 0.1) is 11.3 Å². The molecule has 0 unspecified atom stereocenters. The van der Waals surface area contributed by atoms with Crippen molar-refractivity contribution in [2.24, 2.45) is 0 Å². The van der Waals surface area contributed by atoms with Crippen LogP contribution in [-0.2, 0) is 10.8 Å². The molecule has 2 aliphatic carbocycles. The van der Waals surface area contributed by atoms with Gasteiger partial charge in [-0.05, 0) is 147 Å². The lowest BCUT2D eigenvalue weighted by Crippen LogP contribution is -2.26. The molecule has 0 N–H and O–H groups in total. The Labute approximate surface area is 426 Å². The van der Waals surface area contributed by atoms with E-state index in [1.807, 2.05) is 12.1 Å². The van der Waals surface area contributed by atoms with Crippen LogP contribution in [-0.4, -0.2) is 4.57 Å². The number of fused-ring (bicyclic) bond motifs is 9. The molecule has 0 fully saturated rings. The maximum Gasteiger partial charge on any atom is 0.0991 e. The van der Waals surface area contributed by atoms with Gasteiger partial charge in [0.05, 0.1) is 22.7 Å². The zero-order valence-electron chi connectivity index (χ0n) is 43.4. The Bertz CT molecular complexity index is 3090. The molecule has 1 aromatic heterocycles. The van der Waals surface area contributed by atoms with Crippen molar-refractivity contribution in [3.8, 4) is 56.3 Å². The highest BCUT2D eigenvalue weighted by Gasteiger charge is 2.45. The van der Waals surface area contributed by atoms with E-state index in [2.05, 4.69) is 172 Å². The molecular formula is C69H76N2. The summed E-state index contributed by atoms with van der Waals surface area (Å²) in [5, 5.41) is 12.2. The Morgan fingerprint density at radius 3 is 1.11 bits per heavy atom. The van der Waals surface area contributed by atoms with E-state index < -0.39 is 0 Å². The van der Waals surface area contributed by atoms with Gasteiger partial charge in [0.1, 0.15) is 0 Å². The molecule has 0 aliphatic heterocycles. The van der Waals surface area contributed by atoms with Crippen LogP contribution in [0.15, 0.2) is 146 Å². The SMILES string of the molecule is CCCCCCC1(CCCCCC)c2cc(-c3ccc(C#N)cc3)ccc2-c2ccc(-c3ccc4c(c3)C(CCCCCC)(CCCCCC)c3cc(-n5c6ccccc6c6ccccc65)ccc3-4)cc21. The van der Waals surface area contributed by atoms with E-state index in [9.17, 15) is 5.26 Å². The van der Waals surface area contributed by atoms with Crippen molar-refractivity contribution >= 4 is 21.8 Å². The zero-order valence-corrected chi connectivity index (χ0v) is 43.4. The highest BCUT2D eigenvalue weighted by molar-refractivity contribution is 6.09. The summed E-state index contributed by atoms with van der Waals surface area (Å²) in [5.41, 5.74) is 21.4. The highest BCUT2D eigenvalue weighted by atomic mass is 15.0. The third-order valence-corrected chi connectivity index (χ3v) is 17.1. The third-order valence-electron chi connectivity index (χ3n) is 17.1. The second-order valence-electron chi connectivity index (χ2n) is 21.5. The predicted molar refractivity (Wildman–Crippen MR) is 304 cm³/mol. The number of hydrogen-bond acceptors (Lipinski definition) is 1. The van der Waals surface area contributed by atoms with Crippen LogP contribution < -0.4 is 0 Å². The number of aromatic nitrogens is 1. The van der Waals surface area contributed by atoms with E-state index in [1.165, 1.54) is 212 Å². The molecule has 10 rings (SSSR count). The van der Waals surface area contributed by atoms with Crippen LogP contribution >= 0.6 is 0 Å². The second-order valence-corrected chi connectivity index (χ2v) is 21.5. The maximum atomic E-state index is 9.61. The molecule has 0 saturated heterocycles. The molecule has 71 heavy (non-hydrogen) atoms. The molecule has 0 bridgehead atoms. The van der Waals surface area contributed by atoms with Gasteiger partial charge in [-0.2, -0.15) is 5.26 Å². The summed E-state index contributed by atoms with van der Waals surface area (Å²) in [7, 11) is 0. The van der Waals surface area contributed by atoms with Crippen molar-refractivity contribution in [3.05, 3.63) is 173 Å². The number of hydrogen-bond donors (Lipinski definition) is 0. The van der Waals surface area contributed by atoms with Gasteiger partial charge in [-0.3, -0.25) is 0 Å². The number of nitriles is 1. The summed E-state index contributed by atoms with van der Waals surface area (Å²) in [4.78, 5) is 0. The first-order valence-electron chi connectivity index (χ1n) is 28.1. The third kappa shape index (κ3) is 9.09. The second kappa shape index (κ2) is 21.7. The molecule has 0 atom stereocenters. The van der Waals surface area contributed by atoms with E-state index in [4.69, 9.17) is 0 Å². The summed E-state index contributed by atoms with van der Waals surface area (Å²) < 4.78 is 2.53. The molecular weight excluding hydrogens is 857 g/mol. The monoisotopic (exact) mass is 933 g/mol. The quantitative estimate of drug-likeness (QED) is 0.0588. The predicted octanol–water partition coefficient (Wildman–Crippen LogP) is 20.4. The first-order valence-corrected chi connectivity index (χ1v) is 28.1. The van der Waals surface area contributed by atoms with Crippen molar-refractivity contribution in [1.29, 1.82) is 5.26 Å². The van der Waals surface area contributed by atoms with Gasteiger partial charge in [-0.15, -0.1) is 0 Å². The fourth-order valence-corrected chi connectivity index (χ4v) is 13.3. The first kappa shape index (κ1) is 48.5. The number of benzene rings is 7. The maximum absolute atomic E-state index is 9.61. The average molecular weight is 933 g/mol. The van der Waals surface area contributed by atoms with Crippen molar-refractivity contribution in [3.63, 3.8) is 0 Å². The smallest absolute Gasteiger partial charge is 0.0991 e. The minimum Gasteiger partial charge on any atom is -0.309 e. The van der Waals surface area contributed by atoms with Crippen molar-refractivity contribution in [2.75, 3.05) is 0 Å². The van der Waals surface area contributed by atoms with Crippen LogP contribution in [0.4, 0.5) is 0 Å². The van der Waals surface area contributed by atoms with E-state index >= 15 is 0 Å². The Kier molecular flexibility index (Phi) is 14.8. The van der Waals surface area contributed by atoms with Gasteiger partial charge >= 0.3 is 0 Å². The summed E-state index contributed by atoms with van der Waals surface area (Å²) >= 11 is 0. The lowest BCUT2D eigenvalue weighted by atomic mass is 9.69. The van der Waals surface area contributed by atoms with Crippen LogP contribution in [0.1, 0.15) is 184 Å². The van der Waals surface area contributed by atoms with E-state index in [0.29, 0.717) is 5.56 Å².